The van der Waals surface area contributed by atoms with E-state index in [0.717, 1.165) is 14.4 Å². The van der Waals surface area contributed by atoms with Crippen LogP contribution in [0.15, 0.2) is 0 Å². The molecule has 0 radical (unpaired) electrons. The molecule has 3 nitrogen and oxygen atoms in total. The van der Waals surface area contributed by atoms with Crippen molar-refractivity contribution in [2.75, 3.05) is 6.54 Å². The van der Waals surface area contributed by atoms with Gasteiger partial charge in [0.1, 0.15) is 0 Å². The van der Waals surface area contributed by atoms with E-state index in [1.54, 1.807) is 0 Å². The van der Waals surface area contributed by atoms with Gasteiger partial charge in [0.15, 0.2) is 0 Å². The summed E-state index contributed by atoms with van der Waals surface area (Å²) in [7, 11) is 0. The zero-order valence-electron chi connectivity index (χ0n) is 8.30. The second kappa shape index (κ2) is 4.42. The van der Waals surface area contributed by atoms with Gasteiger partial charge in [0.2, 0.25) is 0 Å². The van der Waals surface area contributed by atoms with Gasteiger partial charge in [-0.2, -0.15) is 0 Å². The van der Waals surface area contributed by atoms with Crippen LogP contribution in [0.25, 0.3) is 0 Å². The molecule has 13 heavy (non-hydrogen) atoms. The quantitative estimate of drug-likeness (QED) is 0.336. The van der Waals surface area contributed by atoms with Gasteiger partial charge in [-0.15, -0.1) is 0 Å². The zero-order valence-corrected chi connectivity index (χ0v) is 10.5. The van der Waals surface area contributed by atoms with Crippen LogP contribution in [0.1, 0.15) is 39.0 Å². The number of halogens is 1. The average molecular weight is 297 g/mol. The van der Waals surface area contributed by atoms with Crippen molar-refractivity contribution in [3.05, 3.63) is 0 Å². The molecule has 1 unspecified atom stereocenters. The van der Waals surface area contributed by atoms with Crippen molar-refractivity contribution >= 4 is 20.1 Å². The molecule has 1 aliphatic heterocycles. The summed E-state index contributed by atoms with van der Waals surface area (Å²) in [6.45, 7) is 3.50. The van der Waals surface area contributed by atoms with Crippen LogP contribution in [0.2, 0.25) is 0 Å². The van der Waals surface area contributed by atoms with Crippen molar-refractivity contribution in [2.24, 2.45) is 5.84 Å². The molecule has 0 spiro atoms. The fourth-order valence-electron chi connectivity index (χ4n) is 2.27. The predicted molar refractivity (Wildman–Crippen MR) is 64.4 cm³/mol. The molecule has 2 rings (SSSR count). The second-order valence-corrected chi connectivity index (χ2v) is 10.8. The Labute approximate surface area is 88.1 Å². The van der Waals surface area contributed by atoms with E-state index in [1.165, 1.54) is 32.1 Å². The van der Waals surface area contributed by atoms with Crippen LogP contribution < -0.4 is 11.3 Å². The topological polar surface area (TPSA) is 41.3 Å². The Morgan fingerprint density at radius 1 is 1.31 bits per heavy atom. The number of hydrogen-bond donors (Lipinski definition) is 2. The van der Waals surface area contributed by atoms with Crippen LogP contribution in [-0.2, 0) is 0 Å². The molecule has 1 atom stereocenters. The molecule has 0 aromatic carbocycles. The summed E-state index contributed by atoms with van der Waals surface area (Å²) in [6, 6.07) is 0. The first-order valence-electron chi connectivity index (χ1n) is 5.24. The molecule has 1 saturated carbocycles. The standard InChI is InChI=1S/C9H20IN3/c1-8-7-12-13(11)10(8)9-5-3-2-4-6-9/h8-9,12H,2-7,11H2,1H3. The monoisotopic (exact) mass is 297 g/mol. The summed E-state index contributed by atoms with van der Waals surface area (Å²) in [5, 5.41) is 0. The van der Waals surface area contributed by atoms with Gasteiger partial charge in [-0.25, -0.2) is 0 Å². The van der Waals surface area contributed by atoms with Crippen LogP contribution in [-0.4, -0.2) is 17.7 Å². The second-order valence-electron chi connectivity index (χ2n) is 4.01. The van der Waals surface area contributed by atoms with Crippen LogP contribution >= 0.6 is 20.1 Å². The third-order valence-electron chi connectivity index (χ3n) is 2.97. The Kier molecular flexibility index (Phi) is 3.45. The van der Waals surface area contributed by atoms with Gasteiger partial charge >= 0.3 is 88.1 Å². The average Bonchev–Trinajstić information content (AvgIpc) is 2.48. The van der Waals surface area contributed by atoms with Crippen molar-refractivity contribution in [2.45, 2.75) is 46.9 Å². The van der Waals surface area contributed by atoms with Gasteiger partial charge in [-0.05, 0) is 0 Å². The van der Waals surface area contributed by atoms with Crippen LogP contribution in [0, 0.1) is 0 Å². The molecular weight excluding hydrogens is 277 g/mol. The molecule has 1 saturated heterocycles. The molecule has 78 valence electrons. The normalized spacial score (nSPS) is 35.5. The van der Waals surface area contributed by atoms with E-state index in [2.05, 4.69) is 12.3 Å². The summed E-state index contributed by atoms with van der Waals surface area (Å²) < 4.78 is 3.88. The van der Waals surface area contributed by atoms with Gasteiger partial charge in [-0.3, -0.25) is 0 Å². The van der Waals surface area contributed by atoms with Crippen LogP contribution in [0.4, 0.5) is 0 Å². The van der Waals surface area contributed by atoms with E-state index in [9.17, 15) is 0 Å². The summed E-state index contributed by atoms with van der Waals surface area (Å²) in [5.74, 6) is 5.99. The van der Waals surface area contributed by atoms with Crippen molar-refractivity contribution in [3.63, 3.8) is 0 Å². The van der Waals surface area contributed by atoms with Gasteiger partial charge < -0.3 is 0 Å². The first-order chi connectivity index (χ1) is 6.29. The van der Waals surface area contributed by atoms with Gasteiger partial charge in [-0.1, -0.05) is 0 Å². The fourth-order valence-corrected chi connectivity index (χ4v) is 9.28. The number of rotatable bonds is 1. The van der Waals surface area contributed by atoms with Crippen LogP contribution in [0.3, 0.4) is 0 Å². The molecule has 3 N–H and O–H groups in total. The number of nitrogens with zero attached hydrogens (tertiary/aromatic N) is 1. The summed E-state index contributed by atoms with van der Waals surface area (Å²) in [4.78, 5) is 0. The predicted octanol–water partition coefficient (Wildman–Crippen LogP) is 1.82. The number of nitrogens with one attached hydrogen (secondary N) is 1. The van der Waals surface area contributed by atoms with Crippen molar-refractivity contribution in [3.8, 4) is 0 Å². The fraction of sp³-hybridized carbons (Fsp3) is 1.00. The molecular formula is C9H20IN3. The van der Waals surface area contributed by atoms with E-state index in [1.807, 2.05) is 3.33 Å². The third-order valence-corrected chi connectivity index (χ3v) is 10.2. The van der Waals surface area contributed by atoms with Crippen molar-refractivity contribution < 1.29 is 0 Å². The maximum atomic E-state index is 5.99. The number of alkyl halides is 2. The van der Waals surface area contributed by atoms with Crippen molar-refractivity contribution in [1.82, 2.24) is 8.76 Å². The van der Waals surface area contributed by atoms with Gasteiger partial charge in [0, 0.05) is 0 Å². The molecule has 0 amide bonds. The summed E-state index contributed by atoms with van der Waals surface area (Å²) >= 11 is -1.03. The molecule has 0 aromatic heterocycles. The summed E-state index contributed by atoms with van der Waals surface area (Å²) in [6.07, 6.45) is 7.24. The van der Waals surface area contributed by atoms with E-state index < -0.39 is 20.1 Å². The maximum absolute atomic E-state index is 5.99. The molecule has 0 bridgehead atoms. The Balaban J connectivity index is 1.96. The Morgan fingerprint density at radius 2 is 2.00 bits per heavy atom. The van der Waals surface area contributed by atoms with Gasteiger partial charge in [0.05, 0.1) is 0 Å². The molecule has 1 aliphatic carbocycles. The molecule has 0 aromatic rings. The first-order valence-corrected chi connectivity index (χ1v) is 8.70. The Bertz CT molecular complexity index is 160. The SMILES string of the molecule is CC1CNN(N)I1C1CCCCC1. The Morgan fingerprint density at radius 3 is 2.54 bits per heavy atom. The molecule has 2 aliphatic rings. The molecule has 4 heteroatoms. The van der Waals surface area contributed by atoms with E-state index >= 15 is 0 Å². The zero-order chi connectivity index (χ0) is 9.26. The van der Waals surface area contributed by atoms with Crippen LogP contribution in [0.5, 0.6) is 0 Å². The molecule has 2 fully saturated rings. The minimum absolute atomic E-state index is 0.872. The third kappa shape index (κ3) is 2.16. The minimum atomic E-state index is -1.03. The first kappa shape index (κ1) is 10.1. The molecule has 1 heterocycles. The summed E-state index contributed by atoms with van der Waals surface area (Å²) in [5.41, 5.74) is 3.30. The van der Waals surface area contributed by atoms with Gasteiger partial charge in [0.25, 0.3) is 0 Å². The van der Waals surface area contributed by atoms with Crippen molar-refractivity contribution in [1.29, 1.82) is 0 Å². The number of hydrazine groups is 2. The van der Waals surface area contributed by atoms with E-state index in [4.69, 9.17) is 5.84 Å². The Hall–Kier alpha value is 0.610. The number of nitrogens with two attached hydrogens (primary N) is 1. The number of hydrogen-bond acceptors (Lipinski definition) is 3. The van der Waals surface area contributed by atoms with E-state index in [0.29, 0.717) is 0 Å². The van der Waals surface area contributed by atoms with E-state index in [-0.39, 0.29) is 0 Å².